The number of nitrogens with one attached hydrogen (secondary N) is 1. The number of hydrogen-bond acceptors (Lipinski definition) is 4. The van der Waals surface area contributed by atoms with Crippen LogP contribution in [0.15, 0.2) is 23.0 Å². The Kier molecular flexibility index (Phi) is 1.69. The lowest BCUT2D eigenvalue weighted by Gasteiger charge is -1.78. The molecule has 2 heterocycles. The van der Waals surface area contributed by atoms with E-state index < -0.39 is 0 Å². The minimum absolute atomic E-state index is 0.552. The highest BCUT2D eigenvalue weighted by atomic mass is 16.3. The molecule has 0 unspecified atom stereocenters. The van der Waals surface area contributed by atoms with Crippen molar-refractivity contribution >= 4 is 12.2 Å². The summed E-state index contributed by atoms with van der Waals surface area (Å²) in [5.74, 6) is 0.552. The van der Waals surface area contributed by atoms with Crippen LogP contribution < -0.4 is 0 Å². The molecule has 0 atom stereocenters. The monoisotopic (exact) mass is 162 g/mol. The Bertz CT molecular complexity index is 312. The van der Waals surface area contributed by atoms with Crippen molar-refractivity contribution in [2.45, 2.75) is 0 Å². The lowest BCUT2D eigenvalue weighted by molar-refractivity contribution is 0.567. The van der Waals surface area contributed by atoms with Gasteiger partial charge in [-0.2, -0.15) is 5.21 Å². The molecule has 0 fully saturated rings. The Morgan fingerprint density at radius 2 is 2.42 bits per heavy atom. The van der Waals surface area contributed by atoms with Crippen molar-refractivity contribution in [2.75, 3.05) is 0 Å². The third kappa shape index (κ3) is 1.39. The summed E-state index contributed by atoms with van der Waals surface area (Å²) < 4.78 is 4.87. The van der Waals surface area contributed by atoms with E-state index in [0.717, 1.165) is 5.56 Å². The van der Waals surface area contributed by atoms with E-state index in [4.69, 9.17) is 4.42 Å². The van der Waals surface area contributed by atoms with Gasteiger partial charge in [-0.25, -0.2) is 0 Å². The molecule has 0 radical (unpaired) electrons. The Balaban J connectivity index is 2.14. The van der Waals surface area contributed by atoms with E-state index in [1.807, 2.05) is 12.1 Å². The topological polar surface area (TPSA) is 67.6 Å². The normalized spacial score (nSPS) is 11.0. The molecule has 0 amide bonds. The first-order valence-electron chi connectivity index (χ1n) is 3.39. The molecule has 12 heavy (non-hydrogen) atoms. The van der Waals surface area contributed by atoms with Crippen LogP contribution in [0, 0.1) is 0 Å². The molecule has 2 aromatic heterocycles. The first-order chi connectivity index (χ1) is 5.95. The summed E-state index contributed by atoms with van der Waals surface area (Å²) in [7, 11) is 0. The highest BCUT2D eigenvalue weighted by molar-refractivity contribution is 5.65. The van der Waals surface area contributed by atoms with Crippen LogP contribution in [0.5, 0.6) is 0 Å². The smallest absolute Gasteiger partial charge is 0.197 e. The van der Waals surface area contributed by atoms with E-state index in [-0.39, 0.29) is 0 Å². The summed E-state index contributed by atoms with van der Waals surface area (Å²) >= 11 is 0. The number of hydrogen-bond donors (Lipinski definition) is 1. The third-order valence-corrected chi connectivity index (χ3v) is 1.33. The maximum absolute atomic E-state index is 4.87. The molecular weight excluding hydrogens is 156 g/mol. The fourth-order valence-electron chi connectivity index (χ4n) is 0.781. The fraction of sp³-hybridized carbons (Fsp3) is 0. The number of nitrogens with zero attached hydrogens (tertiary/aromatic N) is 3. The predicted octanol–water partition coefficient (Wildman–Crippen LogP) is 0.963. The molecule has 0 spiro atoms. The van der Waals surface area contributed by atoms with E-state index in [9.17, 15) is 0 Å². The van der Waals surface area contributed by atoms with Crippen LogP contribution in [0.1, 0.15) is 11.4 Å². The molecule has 0 aliphatic heterocycles. The quantitative estimate of drug-likeness (QED) is 0.714. The van der Waals surface area contributed by atoms with Crippen LogP contribution in [0.3, 0.4) is 0 Å². The van der Waals surface area contributed by atoms with Crippen LogP contribution in [-0.4, -0.2) is 20.6 Å². The summed E-state index contributed by atoms with van der Waals surface area (Å²) in [6.45, 7) is 0. The SMILES string of the molecule is C(=C\c1nn[nH]n1)/c1ccoc1. The number of aromatic amines is 1. The Morgan fingerprint density at radius 3 is 3.08 bits per heavy atom. The van der Waals surface area contributed by atoms with Gasteiger partial charge in [-0.15, -0.1) is 10.2 Å². The molecule has 5 heteroatoms. The summed E-state index contributed by atoms with van der Waals surface area (Å²) in [6, 6.07) is 1.84. The maximum atomic E-state index is 4.87. The lowest BCUT2D eigenvalue weighted by Crippen LogP contribution is -1.73. The van der Waals surface area contributed by atoms with Crippen molar-refractivity contribution in [3.05, 3.63) is 30.0 Å². The number of aromatic nitrogens is 4. The van der Waals surface area contributed by atoms with E-state index in [1.165, 1.54) is 0 Å². The van der Waals surface area contributed by atoms with E-state index in [1.54, 1.807) is 18.6 Å². The van der Waals surface area contributed by atoms with Crippen molar-refractivity contribution in [1.82, 2.24) is 20.6 Å². The molecule has 0 aromatic carbocycles. The maximum Gasteiger partial charge on any atom is 0.197 e. The molecule has 1 N–H and O–H groups in total. The van der Waals surface area contributed by atoms with Gasteiger partial charge in [0.1, 0.15) is 0 Å². The zero-order valence-corrected chi connectivity index (χ0v) is 6.14. The summed E-state index contributed by atoms with van der Waals surface area (Å²) in [6.07, 6.45) is 6.83. The van der Waals surface area contributed by atoms with E-state index >= 15 is 0 Å². The highest BCUT2D eigenvalue weighted by Gasteiger charge is 1.90. The second-order valence-electron chi connectivity index (χ2n) is 2.16. The van der Waals surface area contributed by atoms with Crippen LogP contribution in [0.25, 0.3) is 12.2 Å². The molecule has 0 bridgehead atoms. The van der Waals surface area contributed by atoms with Crippen LogP contribution in [0.2, 0.25) is 0 Å². The van der Waals surface area contributed by atoms with E-state index in [0.29, 0.717) is 5.82 Å². The van der Waals surface area contributed by atoms with Gasteiger partial charge >= 0.3 is 0 Å². The Labute approximate surface area is 68.1 Å². The molecule has 5 nitrogen and oxygen atoms in total. The number of H-pyrrole nitrogens is 1. The summed E-state index contributed by atoms with van der Waals surface area (Å²) in [5, 5.41) is 13.3. The van der Waals surface area contributed by atoms with Gasteiger partial charge in [0.25, 0.3) is 0 Å². The second kappa shape index (κ2) is 3.00. The number of tetrazole rings is 1. The number of furan rings is 1. The Hall–Kier alpha value is -1.91. The van der Waals surface area contributed by atoms with Gasteiger partial charge in [-0.3, -0.25) is 0 Å². The van der Waals surface area contributed by atoms with Crippen molar-refractivity contribution in [1.29, 1.82) is 0 Å². The molecular formula is C7H6N4O. The predicted molar refractivity (Wildman–Crippen MR) is 41.8 cm³/mol. The molecule has 0 saturated carbocycles. The van der Waals surface area contributed by atoms with Crippen molar-refractivity contribution in [3.8, 4) is 0 Å². The zero-order chi connectivity index (χ0) is 8.23. The van der Waals surface area contributed by atoms with Crippen molar-refractivity contribution in [3.63, 3.8) is 0 Å². The van der Waals surface area contributed by atoms with Gasteiger partial charge < -0.3 is 4.42 Å². The molecule has 2 aromatic rings. The van der Waals surface area contributed by atoms with Crippen LogP contribution in [0.4, 0.5) is 0 Å². The van der Waals surface area contributed by atoms with Gasteiger partial charge in [-0.1, -0.05) is 0 Å². The molecule has 0 saturated heterocycles. The molecule has 0 aliphatic carbocycles. The molecule has 2 rings (SSSR count). The second-order valence-corrected chi connectivity index (χ2v) is 2.16. The third-order valence-electron chi connectivity index (χ3n) is 1.33. The van der Waals surface area contributed by atoms with Crippen LogP contribution in [-0.2, 0) is 0 Å². The largest absolute Gasteiger partial charge is 0.472 e. The summed E-state index contributed by atoms with van der Waals surface area (Å²) in [4.78, 5) is 0. The lowest BCUT2D eigenvalue weighted by atomic mass is 10.3. The fourth-order valence-corrected chi connectivity index (χ4v) is 0.781. The van der Waals surface area contributed by atoms with Gasteiger partial charge in [0.05, 0.1) is 12.5 Å². The van der Waals surface area contributed by atoms with Gasteiger partial charge in [-0.05, 0) is 23.4 Å². The van der Waals surface area contributed by atoms with Gasteiger partial charge in [0.2, 0.25) is 0 Å². The van der Waals surface area contributed by atoms with Crippen LogP contribution >= 0.6 is 0 Å². The average Bonchev–Trinajstić information content (AvgIpc) is 2.74. The minimum Gasteiger partial charge on any atom is -0.472 e. The minimum atomic E-state index is 0.552. The summed E-state index contributed by atoms with van der Waals surface area (Å²) in [5.41, 5.74) is 0.972. The van der Waals surface area contributed by atoms with E-state index in [2.05, 4.69) is 20.6 Å². The van der Waals surface area contributed by atoms with Gasteiger partial charge in [0.15, 0.2) is 5.82 Å². The highest BCUT2D eigenvalue weighted by Crippen LogP contribution is 2.03. The van der Waals surface area contributed by atoms with Gasteiger partial charge in [0, 0.05) is 5.56 Å². The zero-order valence-electron chi connectivity index (χ0n) is 6.14. The first-order valence-corrected chi connectivity index (χ1v) is 3.39. The first kappa shape index (κ1) is 6.78. The number of rotatable bonds is 2. The molecule has 60 valence electrons. The standard InChI is InChI=1S/C7H6N4O/c1(6-3-4-12-5-6)2-7-8-10-11-9-7/h1-5H,(H,8,9,10,11)/b2-1+. The molecule has 0 aliphatic rings. The Morgan fingerprint density at radius 1 is 1.42 bits per heavy atom. The van der Waals surface area contributed by atoms with Crippen molar-refractivity contribution in [2.24, 2.45) is 0 Å². The van der Waals surface area contributed by atoms with Crippen molar-refractivity contribution < 1.29 is 4.42 Å². The average molecular weight is 162 g/mol.